The molecule has 9 nitrogen and oxygen atoms in total. The third-order valence-electron chi connectivity index (χ3n) is 8.53. The van der Waals surface area contributed by atoms with E-state index in [1.807, 2.05) is 19.2 Å². The Hall–Kier alpha value is -4.24. The number of fused-ring (bicyclic) bond motifs is 1. The number of nitrogens with one attached hydrogen (secondary N) is 1. The number of carbonyl (C=O) groups is 1. The summed E-state index contributed by atoms with van der Waals surface area (Å²) in [4.78, 5) is 22.7. The molecule has 1 unspecified atom stereocenters. The van der Waals surface area contributed by atoms with E-state index in [4.69, 9.17) is 19.2 Å². The number of benzene rings is 3. The summed E-state index contributed by atoms with van der Waals surface area (Å²) >= 11 is 0. The van der Waals surface area contributed by atoms with E-state index in [1.165, 1.54) is 5.56 Å². The van der Waals surface area contributed by atoms with Crippen molar-refractivity contribution in [1.29, 1.82) is 0 Å². The van der Waals surface area contributed by atoms with Crippen molar-refractivity contribution in [3.05, 3.63) is 77.9 Å². The fraction of sp³-hybridized carbons (Fsp3) is 0.412. The molecule has 5 rings (SSSR count). The maximum absolute atomic E-state index is 13.6. The quantitative estimate of drug-likeness (QED) is 0.238. The monoisotopic (exact) mass is 585 g/mol. The minimum Gasteiger partial charge on any atom is -0.493 e. The molecular formula is C34H43N5O4. The number of piperidine rings is 1. The Morgan fingerprint density at radius 3 is 2.26 bits per heavy atom. The lowest BCUT2D eigenvalue weighted by atomic mass is 9.94. The van der Waals surface area contributed by atoms with Crippen molar-refractivity contribution < 1.29 is 19.0 Å². The van der Waals surface area contributed by atoms with E-state index in [0.29, 0.717) is 35.4 Å². The van der Waals surface area contributed by atoms with Crippen molar-refractivity contribution >= 4 is 22.9 Å². The van der Waals surface area contributed by atoms with E-state index in [0.717, 1.165) is 55.9 Å². The average Bonchev–Trinajstić information content (AvgIpc) is 3.37. The number of ether oxygens (including phenoxy) is 3. The second-order valence-corrected chi connectivity index (χ2v) is 11.2. The number of aryl methyl sites for hydroxylation is 1. The third kappa shape index (κ3) is 6.88. The summed E-state index contributed by atoms with van der Waals surface area (Å²) in [6.45, 7) is 3.64. The van der Waals surface area contributed by atoms with Gasteiger partial charge in [0.25, 0.3) is 5.91 Å². The molecule has 1 saturated heterocycles. The van der Waals surface area contributed by atoms with Crippen LogP contribution in [-0.2, 0) is 7.05 Å². The first-order valence-corrected chi connectivity index (χ1v) is 14.9. The van der Waals surface area contributed by atoms with Crippen molar-refractivity contribution in [2.75, 3.05) is 59.9 Å². The number of amides is 1. The molecule has 0 bridgehead atoms. The van der Waals surface area contributed by atoms with Gasteiger partial charge in [-0.25, -0.2) is 4.98 Å². The summed E-state index contributed by atoms with van der Waals surface area (Å²) in [7, 11) is 8.60. The Bertz CT molecular complexity index is 1490. The summed E-state index contributed by atoms with van der Waals surface area (Å²) in [5.41, 5.74) is 3.90. The summed E-state index contributed by atoms with van der Waals surface area (Å²) in [6, 6.07) is 22.6. The van der Waals surface area contributed by atoms with Crippen LogP contribution in [0.15, 0.2) is 66.7 Å². The maximum Gasteiger partial charge on any atom is 0.253 e. The number of hydrogen-bond donors (Lipinski definition) is 1. The van der Waals surface area contributed by atoms with Gasteiger partial charge < -0.3 is 33.9 Å². The smallest absolute Gasteiger partial charge is 0.253 e. The van der Waals surface area contributed by atoms with Crippen LogP contribution in [0, 0.1) is 0 Å². The summed E-state index contributed by atoms with van der Waals surface area (Å²) in [6.07, 6.45) is 3.09. The number of nitrogens with zero attached hydrogens (tertiary/aromatic N) is 4. The fourth-order valence-corrected chi connectivity index (χ4v) is 6.02. The highest BCUT2D eigenvalue weighted by Gasteiger charge is 2.25. The molecule has 0 radical (unpaired) electrons. The Kier molecular flexibility index (Phi) is 9.72. The highest BCUT2D eigenvalue weighted by atomic mass is 16.5. The molecule has 1 aliphatic rings. The minimum atomic E-state index is -0.0889. The van der Waals surface area contributed by atoms with Crippen molar-refractivity contribution in [1.82, 2.24) is 19.4 Å². The van der Waals surface area contributed by atoms with Gasteiger partial charge in [-0.05, 0) is 55.6 Å². The molecule has 4 aromatic rings. The van der Waals surface area contributed by atoms with Crippen LogP contribution < -0.4 is 19.5 Å². The Morgan fingerprint density at radius 2 is 1.63 bits per heavy atom. The zero-order valence-corrected chi connectivity index (χ0v) is 25.9. The van der Waals surface area contributed by atoms with Crippen molar-refractivity contribution in [3.63, 3.8) is 0 Å². The normalized spacial score (nSPS) is 14.8. The lowest BCUT2D eigenvalue weighted by molar-refractivity contribution is 0.0781. The Labute approximate surface area is 254 Å². The predicted molar refractivity (Wildman–Crippen MR) is 171 cm³/mol. The number of para-hydroxylation sites is 2. The number of methoxy groups -OCH3 is 3. The van der Waals surface area contributed by atoms with Gasteiger partial charge in [0.1, 0.15) is 0 Å². The number of likely N-dealkylation sites (tertiary alicyclic amines) is 1. The molecule has 3 aromatic carbocycles. The van der Waals surface area contributed by atoms with Gasteiger partial charge in [-0.15, -0.1) is 0 Å². The summed E-state index contributed by atoms with van der Waals surface area (Å²) in [5, 5.41) is 3.68. The van der Waals surface area contributed by atoms with Gasteiger partial charge in [0, 0.05) is 51.3 Å². The first-order chi connectivity index (χ1) is 20.9. The first-order valence-electron chi connectivity index (χ1n) is 14.9. The van der Waals surface area contributed by atoms with Gasteiger partial charge >= 0.3 is 0 Å². The SMILES string of the molecule is COc1cc(C(=O)N(C)CC(CCN2CCC(Nc3nc4ccccc4n3C)CC2)c2ccccc2)cc(OC)c1OC. The van der Waals surface area contributed by atoms with E-state index in [-0.39, 0.29) is 11.8 Å². The second kappa shape index (κ2) is 13.8. The molecule has 1 fully saturated rings. The molecule has 228 valence electrons. The van der Waals surface area contributed by atoms with E-state index >= 15 is 0 Å². The second-order valence-electron chi connectivity index (χ2n) is 11.2. The molecule has 1 aromatic heterocycles. The van der Waals surface area contributed by atoms with Crippen LogP contribution in [0.5, 0.6) is 17.2 Å². The van der Waals surface area contributed by atoms with Crippen LogP contribution >= 0.6 is 0 Å². The molecular weight excluding hydrogens is 542 g/mol. The molecule has 0 spiro atoms. The fourth-order valence-electron chi connectivity index (χ4n) is 6.02. The number of imidazole rings is 1. The van der Waals surface area contributed by atoms with Gasteiger partial charge in [0.05, 0.1) is 32.4 Å². The first kappa shape index (κ1) is 30.2. The van der Waals surface area contributed by atoms with Crippen molar-refractivity contribution in [2.24, 2.45) is 7.05 Å². The maximum atomic E-state index is 13.6. The molecule has 9 heteroatoms. The lowest BCUT2D eigenvalue weighted by Gasteiger charge is -2.34. The molecule has 0 aliphatic carbocycles. The Morgan fingerprint density at radius 1 is 0.977 bits per heavy atom. The molecule has 0 saturated carbocycles. The van der Waals surface area contributed by atoms with Crippen LogP contribution in [0.2, 0.25) is 0 Å². The van der Waals surface area contributed by atoms with Crippen LogP contribution in [0.25, 0.3) is 11.0 Å². The molecule has 1 N–H and O–H groups in total. The van der Waals surface area contributed by atoms with Gasteiger partial charge in [-0.2, -0.15) is 0 Å². The average molecular weight is 586 g/mol. The lowest BCUT2D eigenvalue weighted by Crippen LogP contribution is -2.40. The number of likely N-dealkylation sites (N-methyl/N-ethyl adjacent to an activating group) is 1. The number of carbonyl (C=O) groups excluding carboxylic acids is 1. The summed E-state index contributed by atoms with van der Waals surface area (Å²) < 4.78 is 18.5. The van der Waals surface area contributed by atoms with Crippen LogP contribution in [0.3, 0.4) is 0 Å². The van der Waals surface area contributed by atoms with Gasteiger partial charge in [0.15, 0.2) is 11.5 Å². The largest absolute Gasteiger partial charge is 0.493 e. The zero-order chi connectivity index (χ0) is 30.3. The highest BCUT2D eigenvalue weighted by molar-refractivity contribution is 5.95. The van der Waals surface area contributed by atoms with Crippen molar-refractivity contribution in [3.8, 4) is 17.2 Å². The number of anilines is 1. The van der Waals surface area contributed by atoms with Crippen molar-refractivity contribution in [2.45, 2.75) is 31.2 Å². The number of aromatic nitrogens is 2. The molecule has 43 heavy (non-hydrogen) atoms. The van der Waals surface area contributed by atoms with Gasteiger partial charge in [-0.3, -0.25) is 4.79 Å². The Balaban J connectivity index is 1.20. The van der Waals surface area contributed by atoms with E-state index in [2.05, 4.69) is 64.3 Å². The van der Waals surface area contributed by atoms with E-state index < -0.39 is 0 Å². The zero-order valence-electron chi connectivity index (χ0n) is 25.9. The predicted octanol–water partition coefficient (Wildman–Crippen LogP) is 5.42. The molecule has 1 amide bonds. The summed E-state index contributed by atoms with van der Waals surface area (Å²) in [5.74, 6) is 2.45. The minimum absolute atomic E-state index is 0.0889. The van der Waals surface area contributed by atoms with E-state index in [1.54, 1.807) is 38.4 Å². The van der Waals surface area contributed by atoms with Crippen LogP contribution in [-0.4, -0.2) is 85.9 Å². The third-order valence-corrected chi connectivity index (χ3v) is 8.53. The van der Waals surface area contributed by atoms with Crippen LogP contribution in [0.4, 0.5) is 5.95 Å². The van der Waals surface area contributed by atoms with Gasteiger partial charge in [0.2, 0.25) is 11.7 Å². The topological polar surface area (TPSA) is 81.1 Å². The molecule has 1 atom stereocenters. The molecule has 1 aliphatic heterocycles. The number of hydrogen-bond acceptors (Lipinski definition) is 7. The highest BCUT2D eigenvalue weighted by Crippen LogP contribution is 2.38. The number of rotatable bonds is 12. The molecule has 2 heterocycles. The standard InChI is InChI=1S/C34H43N5O4/c1-37(33(40)26-21-30(41-3)32(43-5)31(22-26)42-4)23-25(24-11-7-6-8-12-24)15-18-39-19-16-27(17-20-39)35-34-36-28-13-9-10-14-29(28)38(34)2/h6-14,21-22,25,27H,15-20,23H2,1-5H3,(H,35,36). The van der Waals surface area contributed by atoms with E-state index in [9.17, 15) is 4.79 Å². The van der Waals surface area contributed by atoms with Crippen LogP contribution in [0.1, 0.15) is 41.1 Å². The van der Waals surface area contributed by atoms with Gasteiger partial charge in [-0.1, -0.05) is 42.5 Å².